The molecule has 0 amide bonds. The topological polar surface area (TPSA) is 71.5 Å². The fraction of sp³-hybridized carbons (Fsp3) is 0.231. The number of para-hydroxylation sites is 1. The molecular formula is C13H14N2O3. The Kier molecular flexibility index (Phi) is 4.09. The minimum absolute atomic E-state index is 0.271. The van der Waals surface area contributed by atoms with E-state index in [-0.39, 0.29) is 6.61 Å². The van der Waals surface area contributed by atoms with Gasteiger partial charge in [0.1, 0.15) is 12.4 Å². The van der Waals surface area contributed by atoms with Crippen molar-refractivity contribution in [2.45, 2.75) is 0 Å². The minimum atomic E-state index is -0.959. The fourth-order valence-electron chi connectivity index (χ4n) is 1.58. The summed E-state index contributed by atoms with van der Waals surface area (Å²) in [6.45, 7) is 0.590. The predicted octanol–water partition coefficient (Wildman–Crippen LogP) is 1.75. The molecule has 0 unspecified atom stereocenters. The second-order valence-electron chi connectivity index (χ2n) is 3.76. The van der Waals surface area contributed by atoms with Crippen molar-refractivity contribution in [2.24, 2.45) is 0 Å². The van der Waals surface area contributed by atoms with Crippen LogP contribution in [0.4, 0.5) is 5.82 Å². The number of nitrogens with one attached hydrogen (secondary N) is 1. The maximum absolute atomic E-state index is 10.2. The summed E-state index contributed by atoms with van der Waals surface area (Å²) in [5.74, 6) is -0.202. The molecule has 2 N–H and O–H groups in total. The summed E-state index contributed by atoms with van der Waals surface area (Å²) in [5.41, 5.74) is 0.925. The smallest absolute Gasteiger partial charge is 0.329 e. The lowest BCUT2D eigenvalue weighted by molar-refractivity contribution is -0.142. The van der Waals surface area contributed by atoms with Gasteiger partial charge in [-0.2, -0.15) is 0 Å². The average Bonchev–Trinajstić information content (AvgIpc) is 2.38. The van der Waals surface area contributed by atoms with Gasteiger partial charge in [0, 0.05) is 11.9 Å². The normalized spacial score (nSPS) is 10.4. The van der Waals surface area contributed by atoms with Crippen LogP contribution in [-0.2, 0) is 9.53 Å². The second-order valence-corrected chi connectivity index (χ2v) is 3.76. The van der Waals surface area contributed by atoms with E-state index in [1.165, 1.54) is 0 Å². The van der Waals surface area contributed by atoms with Crippen LogP contribution in [-0.4, -0.2) is 35.8 Å². The Labute approximate surface area is 104 Å². The molecule has 5 heteroatoms. The summed E-state index contributed by atoms with van der Waals surface area (Å²) in [5, 5.41) is 12.6. The lowest BCUT2D eigenvalue weighted by Gasteiger charge is -2.06. The first-order valence-electron chi connectivity index (χ1n) is 5.65. The molecule has 0 aliphatic heterocycles. The van der Waals surface area contributed by atoms with Gasteiger partial charge in [-0.25, -0.2) is 9.78 Å². The van der Waals surface area contributed by atoms with E-state index in [2.05, 4.69) is 10.3 Å². The zero-order valence-corrected chi connectivity index (χ0v) is 9.80. The number of ether oxygens (including phenoxy) is 1. The SMILES string of the molecule is O=C(O)COCCNc1ccc2ccccc2n1. The highest BCUT2D eigenvalue weighted by molar-refractivity contribution is 5.80. The van der Waals surface area contributed by atoms with E-state index < -0.39 is 5.97 Å². The molecule has 5 nitrogen and oxygen atoms in total. The van der Waals surface area contributed by atoms with Gasteiger partial charge >= 0.3 is 5.97 Å². The van der Waals surface area contributed by atoms with Gasteiger partial charge in [-0.05, 0) is 18.2 Å². The van der Waals surface area contributed by atoms with Gasteiger partial charge in [0.05, 0.1) is 12.1 Å². The first-order chi connectivity index (χ1) is 8.75. The van der Waals surface area contributed by atoms with Crippen molar-refractivity contribution < 1.29 is 14.6 Å². The van der Waals surface area contributed by atoms with E-state index in [4.69, 9.17) is 9.84 Å². The molecule has 0 spiro atoms. The van der Waals surface area contributed by atoms with E-state index in [9.17, 15) is 4.79 Å². The molecular weight excluding hydrogens is 232 g/mol. The molecule has 2 rings (SSSR count). The number of hydrogen-bond acceptors (Lipinski definition) is 4. The third kappa shape index (κ3) is 3.43. The number of fused-ring (bicyclic) bond motifs is 1. The zero-order chi connectivity index (χ0) is 12.8. The van der Waals surface area contributed by atoms with Crippen molar-refractivity contribution in [1.82, 2.24) is 4.98 Å². The Hall–Kier alpha value is -2.14. The molecule has 0 saturated carbocycles. The summed E-state index contributed by atoms with van der Waals surface area (Å²) in [4.78, 5) is 14.6. The van der Waals surface area contributed by atoms with Gasteiger partial charge in [-0.3, -0.25) is 0 Å². The predicted molar refractivity (Wildman–Crippen MR) is 68.7 cm³/mol. The first-order valence-corrected chi connectivity index (χ1v) is 5.65. The van der Waals surface area contributed by atoms with Crippen molar-refractivity contribution >= 4 is 22.7 Å². The quantitative estimate of drug-likeness (QED) is 0.760. The van der Waals surface area contributed by atoms with E-state index in [1.807, 2.05) is 36.4 Å². The van der Waals surface area contributed by atoms with Gasteiger partial charge in [-0.15, -0.1) is 0 Å². The summed E-state index contributed by atoms with van der Waals surface area (Å²) < 4.78 is 4.91. The number of nitrogens with zero attached hydrogens (tertiary/aromatic N) is 1. The van der Waals surface area contributed by atoms with Crippen molar-refractivity contribution in [3.05, 3.63) is 36.4 Å². The molecule has 2 aromatic rings. The Balaban J connectivity index is 1.86. The Morgan fingerprint density at radius 3 is 2.94 bits per heavy atom. The molecule has 0 radical (unpaired) electrons. The number of pyridine rings is 1. The van der Waals surface area contributed by atoms with Crippen LogP contribution in [0.15, 0.2) is 36.4 Å². The number of carbonyl (C=O) groups is 1. The van der Waals surface area contributed by atoms with Crippen LogP contribution >= 0.6 is 0 Å². The molecule has 0 aliphatic rings. The molecule has 0 atom stereocenters. The minimum Gasteiger partial charge on any atom is -0.480 e. The van der Waals surface area contributed by atoms with E-state index in [0.717, 1.165) is 16.7 Å². The first kappa shape index (κ1) is 12.3. The number of benzene rings is 1. The molecule has 1 heterocycles. The third-order valence-electron chi connectivity index (χ3n) is 2.38. The number of aromatic nitrogens is 1. The average molecular weight is 246 g/mol. The van der Waals surface area contributed by atoms with Gasteiger partial charge in [0.15, 0.2) is 0 Å². The molecule has 0 aliphatic carbocycles. The molecule has 18 heavy (non-hydrogen) atoms. The standard InChI is InChI=1S/C13H14N2O3/c16-13(17)9-18-8-7-14-12-6-5-10-3-1-2-4-11(10)15-12/h1-6H,7-9H2,(H,14,15)(H,16,17). The highest BCUT2D eigenvalue weighted by atomic mass is 16.5. The van der Waals surface area contributed by atoms with Crippen LogP contribution in [0.3, 0.4) is 0 Å². The number of hydrogen-bond donors (Lipinski definition) is 2. The second kappa shape index (κ2) is 5.97. The van der Waals surface area contributed by atoms with Crippen molar-refractivity contribution in [3.8, 4) is 0 Å². The molecule has 0 bridgehead atoms. The maximum atomic E-state index is 10.2. The largest absolute Gasteiger partial charge is 0.480 e. The van der Waals surface area contributed by atoms with Crippen LogP contribution in [0.2, 0.25) is 0 Å². The fourth-order valence-corrected chi connectivity index (χ4v) is 1.58. The van der Waals surface area contributed by atoms with Crippen LogP contribution < -0.4 is 5.32 Å². The highest BCUT2D eigenvalue weighted by Crippen LogP contribution is 2.14. The van der Waals surface area contributed by atoms with Gasteiger partial charge in [0.2, 0.25) is 0 Å². The lowest BCUT2D eigenvalue weighted by atomic mass is 10.2. The molecule has 0 saturated heterocycles. The van der Waals surface area contributed by atoms with Crippen LogP contribution in [0.1, 0.15) is 0 Å². The van der Waals surface area contributed by atoms with Crippen LogP contribution in [0, 0.1) is 0 Å². The van der Waals surface area contributed by atoms with Gasteiger partial charge < -0.3 is 15.2 Å². The summed E-state index contributed by atoms with van der Waals surface area (Å²) in [7, 11) is 0. The summed E-state index contributed by atoms with van der Waals surface area (Å²) in [6.07, 6.45) is 0. The van der Waals surface area contributed by atoms with Gasteiger partial charge in [0.25, 0.3) is 0 Å². The molecule has 1 aromatic carbocycles. The number of carboxylic acids is 1. The number of carboxylic acid groups (broad SMARTS) is 1. The Bertz CT molecular complexity index is 543. The summed E-state index contributed by atoms with van der Waals surface area (Å²) >= 11 is 0. The molecule has 0 fully saturated rings. The Morgan fingerprint density at radius 2 is 2.11 bits per heavy atom. The van der Waals surface area contributed by atoms with Crippen LogP contribution in [0.25, 0.3) is 10.9 Å². The number of anilines is 1. The number of rotatable bonds is 6. The monoisotopic (exact) mass is 246 g/mol. The molecule has 94 valence electrons. The van der Waals surface area contributed by atoms with Crippen LogP contribution in [0.5, 0.6) is 0 Å². The summed E-state index contributed by atoms with van der Waals surface area (Å²) in [6, 6.07) is 11.7. The highest BCUT2D eigenvalue weighted by Gasteiger charge is 1.98. The van der Waals surface area contributed by atoms with Crippen molar-refractivity contribution in [2.75, 3.05) is 25.1 Å². The van der Waals surface area contributed by atoms with Crippen molar-refractivity contribution in [1.29, 1.82) is 0 Å². The van der Waals surface area contributed by atoms with E-state index >= 15 is 0 Å². The number of aliphatic carboxylic acids is 1. The van der Waals surface area contributed by atoms with Crippen molar-refractivity contribution in [3.63, 3.8) is 0 Å². The molecule has 1 aromatic heterocycles. The van der Waals surface area contributed by atoms with E-state index in [1.54, 1.807) is 0 Å². The Morgan fingerprint density at radius 1 is 1.28 bits per heavy atom. The zero-order valence-electron chi connectivity index (χ0n) is 9.80. The maximum Gasteiger partial charge on any atom is 0.329 e. The van der Waals surface area contributed by atoms with Gasteiger partial charge in [-0.1, -0.05) is 18.2 Å². The third-order valence-corrected chi connectivity index (χ3v) is 2.38. The van der Waals surface area contributed by atoms with E-state index in [0.29, 0.717) is 13.2 Å². The lowest BCUT2D eigenvalue weighted by Crippen LogP contribution is -2.14.